The van der Waals surface area contributed by atoms with Gasteiger partial charge in [0.2, 0.25) is 5.91 Å². The number of aromatic nitrogens is 2. The maximum absolute atomic E-state index is 12.4. The van der Waals surface area contributed by atoms with Crippen molar-refractivity contribution in [3.05, 3.63) is 107 Å². The second kappa shape index (κ2) is 11.9. The molecule has 0 aliphatic heterocycles. The Kier molecular flexibility index (Phi) is 8.19. The molecule has 3 aromatic carbocycles. The van der Waals surface area contributed by atoms with Crippen LogP contribution in [0.15, 0.2) is 95.7 Å². The van der Waals surface area contributed by atoms with Gasteiger partial charge in [-0.1, -0.05) is 40.2 Å². The molecular weight excluding hydrogens is 510 g/mol. The number of carbonyl (C=O) groups is 1. The van der Waals surface area contributed by atoms with E-state index in [9.17, 15) is 4.79 Å². The van der Waals surface area contributed by atoms with Gasteiger partial charge in [0, 0.05) is 16.1 Å². The molecule has 1 amide bonds. The number of hydrogen-bond donors (Lipinski definition) is 1. The van der Waals surface area contributed by atoms with Crippen molar-refractivity contribution < 1.29 is 19.0 Å². The summed E-state index contributed by atoms with van der Waals surface area (Å²) in [5.41, 5.74) is 2.31. The molecule has 8 heteroatoms. The first-order chi connectivity index (χ1) is 17.1. The standard InChI is InChI=1S/C27H24BrN3O4/c1-33-26-13-7-20(15-21(26)18-34-24-5-3-2-4-6-24)8-14-27(32)30-23-16-29-31(17-23)19-35-25-11-9-22(28)10-12-25/h2-17H,18-19H2,1H3,(H,30,32)/b14-8+. The predicted molar refractivity (Wildman–Crippen MR) is 138 cm³/mol. The molecule has 1 heterocycles. The molecule has 0 saturated heterocycles. The van der Waals surface area contributed by atoms with E-state index in [1.807, 2.05) is 72.8 Å². The highest BCUT2D eigenvalue weighted by Gasteiger charge is 2.06. The van der Waals surface area contributed by atoms with Crippen LogP contribution in [0.1, 0.15) is 11.1 Å². The van der Waals surface area contributed by atoms with Crippen molar-refractivity contribution in [1.29, 1.82) is 0 Å². The summed E-state index contributed by atoms with van der Waals surface area (Å²) in [6.45, 7) is 0.579. The van der Waals surface area contributed by atoms with Crippen LogP contribution in [0.5, 0.6) is 17.2 Å². The average molecular weight is 534 g/mol. The van der Waals surface area contributed by atoms with Crippen molar-refractivity contribution in [1.82, 2.24) is 9.78 Å². The maximum atomic E-state index is 12.4. The van der Waals surface area contributed by atoms with Gasteiger partial charge in [0.25, 0.3) is 0 Å². The molecule has 0 saturated carbocycles. The molecule has 0 atom stereocenters. The monoisotopic (exact) mass is 533 g/mol. The van der Waals surface area contributed by atoms with Crippen molar-refractivity contribution in [3.8, 4) is 17.2 Å². The van der Waals surface area contributed by atoms with Gasteiger partial charge in [0.1, 0.15) is 23.9 Å². The zero-order valence-electron chi connectivity index (χ0n) is 19.1. The van der Waals surface area contributed by atoms with Crippen molar-refractivity contribution in [2.24, 2.45) is 0 Å². The first-order valence-corrected chi connectivity index (χ1v) is 11.6. The smallest absolute Gasteiger partial charge is 0.248 e. The van der Waals surface area contributed by atoms with Crippen LogP contribution in [0, 0.1) is 0 Å². The zero-order chi connectivity index (χ0) is 24.5. The summed E-state index contributed by atoms with van der Waals surface area (Å²) in [4.78, 5) is 12.4. The number of nitrogens with zero attached hydrogens (tertiary/aromatic N) is 2. The number of anilines is 1. The van der Waals surface area contributed by atoms with Gasteiger partial charge in [-0.2, -0.15) is 5.10 Å². The Morgan fingerprint density at radius 1 is 1.03 bits per heavy atom. The molecule has 1 aromatic heterocycles. The lowest BCUT2D eigenvalue weighted by molar-refractivity contribution is -0.111. The Labute approximate surface area is 212 Å². The Morgan fingerprint density at radius 3 is 2.57 bits per heavy atom. The van der Waals surface area contributed by atoms with Gasteiger partial charge in [-0.3, -0.25) is 4.79 Å². The number of hydrogen-bond acceptors (Lipinski definition) is 5. The summed E-state index contributed by atoms with van der Waals surface area (Å²) in [7, 11) is 1.62. The lowest BCUT2D eigenvalue weighted by Crippen LogP contribution is -2.08. The topological polar surface area (TPSA) is 74.6 Å². The molecule has 0 bridgehead atoms. The number of benzene rings is 3. The predicted octanol–water partition coefficient (Wildman–Crippen LogP) is 5.92. The zero-order valence-corrected chi connectivity index (χ0v) is 20.6. The minimum Gasteiger partial charge on any atom is -0.496 e. The van der Waals surface area contributed by atoms with E-state index in [-0.39, 0.29) is 12.6 Å². The Balaban J connectivity index is 1.32. The first-order valence-electron chi connectivity index (χ1n) is 10.8. The molecule has 0 radical (unpaired) electrons. The second-order valence-corrected chi connectivity index (χ2v) is 8.41. The summed E-state index contributed by atoms with van der Waals surface area (Å²) in [6.07, 6.45) is 6.49. The quantitative estimate of drug-likeness (QED) is 0.256. The van der Waals surface area contributed by atoms with Crippen molar-refractivity contribution >= 4 is 33.6 Å². The number of amides is 1. The van der Waals surface area contributed by atoms with Crippen molar-refractivity contribution in [3.63, 3.8) is 0 Å². The lowest BCUT2D eigenvalue weighted by atomic mass is 10.1. The van der Waals surface area contributed by atoms with Gasteiger partial charge in [0.15, 0.2) is 6.73 Å². The Morgan fingerprint density at radius 2 is 1.80 bits per heavy atom. The minimum absolute atomic E-state index is 0.229. The third-order valence-corrected chi connectivity index (χ3v) is 5.48. The Bertz CT molecular complexity index is 1290. The second-order valence-electron chi connectivity index (χ2n) is 7.49. The number of carbonyl (C=O) groups excluding carboxylic acids is 1. The third kappa shape index (κ3) is 7.22. The average Bonchev–Trinajstić information content (AvgIpc) is 3.33. The molecule has 0 fully saturated rings. The summed E-state index contributed by atoms with van der Waals surface area (Å²) in [5, 5.41) is 7.01. The highest BCUT2D eigenvalue weighted by molar-refractivity contribution is 9.10. The van der Waals surface area contributed by atoms with Gasteiger partial charge in [-0.25, -0.2) is 4.68 Å². The van der Waals surface area contributed by atoms with Gasteiger partial charge >= 0.3 is 0 Å². The highest BCUT2D eigenvalue weighted by atomic mass is 79.9. The number of ether oxygens (including phenoxy) is 3. The van der Waals surface area contributed by atoms with Crippen LogP contribution in [0.25, 0.3) is 6.08 Å². The highest BCUT2D eigenvalue weighted by Crippen LogP contribution is 2.23. The van der Waals surface area contributed by atoms with Gasteiger partial charge in [-0.05, 0) is 60.2 Å². The summed E-state index contributed by atoms with van der Waals surface area (Å²) >= 11 is 3.39. The van der Waals surface area contributed by atoms with Gasteiger partial charge in [-0.15, -0.1) is 0 Å². The molecule has 178 valence electrons. The largest absolute Gasteiger partial charge is 0.496 e. The molecule has 4 rings (SSSR count). The summed E-state index contributed by atoms with van der Waals surface area (Å²) in [5.74, 6) is 1.96. The van der Waals surface area contributed by atoms with Gasteiger partial charge < -0.3 is 19.5 Å². The third-order valence-electron chi connectivity index (χ3n) is 4.95. The first kappa shape index (κ1) is 24.1. The molecule has 0 unspecified atom stereocenters. The van der Waals surface area contributed by atoms with Gasteiger partial charge in [0.05, 0.1) is 25.2 Å². The Hall–Kier alpha value is -4.04. The van der Waals surface area contributed by atoms with Crippen LogP contribution < -0.4 is 19.5 Å². The maximum Gasteiger partial charge on any atom is 0.248 e. The van der Waals surface area contributed by atoms with E-state index in [1.165, 1.54) is 6.08 Å². The van der Waals surface area contributed by atoms with Crippen LogP contribution in [-0.2, 0) is 18.1 Å². The SMILES string of the molecule is COc1ccc(/C=C/C(=O)Nc2cnn(COc3ccc(Br)cc3)c2)cc1COc1ccccc1. The molecule has 4 aromatic rings. The fourth-order valence-electron chi connectivity index (χ4n) is 3.22. The van der Waals surface area contributed by atoms with E-state index in [4.69, 9.17) is 14.2 Å². The normalized spacial score (nSPS) is 10.8. The molecule has 1 N–H and O–H groups in total. The number of nitrogens with one attached hydrogen (secondary N) is 1. The molecular formula is C27H24BrN3O4. The number of halogens is 1. The molecule has 7 nitrogen and oxygen atoms in total. The van der Waals surface area contributed by atoms with E-state index >= 15 is 0 Å². The van der Waals surface area contributed by atoms with E-state index < -0.39 is 0 Å². The number of para-hydroxylation sites is 1. The van der Waals surface area contributed by atoms with Crippen LogP contribution in [0.4, 0.5) is 5.69 Å². The van der Waals surface area contributed by atoms with Crippen molar-refractivity contribution in [2.45, 2.75) is 13.3 Å². The van der Waals surface area contributed by atoms with Crippen LogP contribution in [-0.4, -0.2) is 22.8 Å². The fourth-order valence-corrected chi connectivity index (χ4v) is 3.48. The van der Waals surface area contributed by atoms with E-state index in [0.29, 0.717) is 12.3 Å². The molecule has 0 spiro atoms. The van der Waals surface area contributed by atoms with Crippen molar-refractivity contribution in [2.75, 3.05) is 12.4 Å². The minimum atomic E-state index is -0.267. The van der Waals surface area contributed by atoms with Crippen LogP contribution >= 0.6 is 15.9 Å². The van der Waals surface area contributed by atoms with E-state index in [2.05, 4.69) is 26.3 Å². The summed E-state index contributed by atoms with van der Waals surface area (Å²) in [6, 6.07) is 22.8. The fraction of sp³-hybridized carbons (Fsp3) is 0.111. The molecule has 0 aliphatic rings. The van der Waals surface area contributed by atoms with Crippen LogP contribution in [0.3, 0.4) is 0 Å². The molecule has 0 aliphatic carbocycles. The van der Waals surface area contributed by atoms with E-state index in [0.717, 1.165) is 32.8 Å². The number of rotatable bonds is 10. The lowest BCUT2D eigenvalue weighted by Gasteiger charge is -2.11. The van der Waals surface area contributed by atoms with Crippen LogP contribution in [0.2, 0.25) is 0 Å². The summed E-state index contributed by atoms with van der Waals surface area (Å²) < 4.78 is 19.6. The number of methoxy groups -OCH3 is 1. The van der Waals surface area contributed by atoms with E-state index in [1.54, 1.807) is 30.3 Å². The molecule has 35 heavy (non-hydrogen) atoms.